The standard InChI is InChI=1S/C18H13BrFN5O3/c19-10-5-7-11(8-6-10)25-17(27)15-16(18(25)28)24(23-22-15)9-14(26)21-13-4-2-1-3-12(13)20/h1-8,15-16H,9H2,(H,21,26)/t15-,16-/m1/s1. The van der Waals surface area contributed by atoms with E-state index in [2.05, 4.69) is 31.6 Å². The lowest BCUT2D eigenvalue weighted by Gasteiger charge is -2.20. The zero-order chi connectivity index (χ0) is 19.8. The van der Waals surface area contributed by atoms with Crippen molar-refractivity contribution in [3.05, 3.63) is 58.8 Å². The van der Waals surface area contributed by atoms with Gasteiger partial charge in [-0.3, -0.25) is 19.4 Å². The van der Waals surface area contributed by atoms with Gasteiger partial charge < -0.3 is 5.32 Å². The Morgan fingerprint density at radius 3 is 2.54 bits per heavy atom. The number of nitrogens with one attached hydrogen (secondary N) is 1. The largest absolute Gasteiger partial charge is 0.322 e. The van der Waals surface area contributed by atoms with Gasteiger partial charge in [0.25, 0.3) is 11.8 Å². The van der Waals surface area contributed by atoms with Crippen molar-refractivity contribution in [1.29, 1.82) is 0 Å². The van der Waals surface area contributed by atoms with E-state index in [-0.39, 0.29) is 12.2 Å². The lowest BCUT2D eigenvalue weighted by atomic mass is 10.1. The first-order valence-corrected chi connectivity index (χ1v) is 9.10. The molecule has 0 bridgehead atoms. The second-order valence-electron chi connectivity index (χ2n) is 6.21. The Morgan fingerprint density at radius 1 is 1.11 bits per heavy atom. The second-order valence-corrected chi connectivity index (χ2v) is 7.12. The minimum Gasteiger partial charge on any atom is -0.322 e. The molecule has 142 valence electrons. The van der Waals surface area contributed by atoms with Crippen molar-refractivity contribution in [2.45, 2.75) is 12.1 Å². The monoisotopic (exact) mass is 445 g/mol. The summed E-state index contributed by atoms with van der Waals surface area (Å²) in [4.78, 5) is 38.7. The third-order valence-electron chi connectivity index (χ3n) is 4.40. The number of amides is 3. The molecule has 0 spiro atoms. The van der Waals surface area contributed by atoms with Crippen LogP contribution in [0.15, 0.2) is 63.3 Å². The zero-order valence-electron chi connectivity index (χ0n) is 14.3. The molecular formula is C18H13BrFN5O3. The van der Waals surface area contributed by atoms with E-state index in [0.29, 0.717) is 5.69 Å². The summed E-state index contributed by atoms with van der Waals surface area (Å²) in [5.74, 6) is -2.17. The average Bonchev–Trinajstić information content (AvgIpc) is 3.18. The van der Waals surface area contributed by atoms with Crippen LogP contribution in [0, 0.1) is 5.82 Å². The number of fused-ring (bicyclic) bond motifs is 1. The van der Waals surface area contributed by atoms with Crippen LogP contribution in [0.4, 0.5) is 15.8 Å². The number of rotatable bonds is 4. The first-order valence-electron chi connectivity index (χ1n) is 8.31. The number of imide groups is 1. The topological polar surface area (TPSA) is 94.4 Å². The number of anilines is 2. The van der Waals surface area contributed by atoms with Gasteiger partial charge in [-0.05, 0) is 36.4 Å². The molecule has 1 N–H and O–H groups in total. The molecule has 0 aliphatic carbocycles. The first kappa shape index (κ1) is 18.2. The number of halogens is 2. The number of carbonyl (C=O) groups is 3. The van der Waals surface area contributed by atoms with E-state index in [4.69, 9.17) is 0 Å². The van der Waals surface area contributed by atoms with Crippen LogP contribution in [0.5, 0.6) is 0 Å². The highest BCUT2D eigenvalue weighted by molar-refractivity contribution is 9.10. The van der Waals surface area contributed by atoms with Gasteiger partial charge in [0.15, 0.2) is 12.1 Å². The molecule has 3 amide bonds. The number of nitrogens with zero attached hydrogens (tertiary/aromatic N) is 4. The quantitative estimate of drug-likeness (QED) is 0.731. The highest BCUT2D eigenvalue weighted by atomic mass is 79.9. The van der Waals surface area contributed by atoms with Gasteiger partial charge in [-0.1, -0.05) is 33.3 Å². The van der Waals surface area contributed by atoms with Crippen molar-refractivity contribution in [1.82, 2.24) is 5.01 Å². The van der Waals surface area contributed by atoms with E-state index < -0.39 is 35.6 Å². The summed E-state index contributed by atoms with van der Waals surface area (Å²) >= 11 is 3.30. The summed E-state index contributed by atoms with van der Waals surface area (Å²) in [6.07, 6.45) is 0. The van der Waals surface area contributed by atoms with E-state index in [1.807, 2.05) is 0 Å². The summed E-state index contributed by atoms with van der Waals surface area (Å²) in [6, 6.07) is 10.4. The molecule has 2 aromatic rings. The predicted molar refractivity (Wildman–Crippen MR) is 101 cm³/mol. The smallest absolute Gasteiger partial charge is 0.263 e. The maximum absolute atomic E-state index is 13.7. The Hall–Kier alpha value is -3.14. The van der Waals surface area contributed by atoms with Crippen LogP contribution in [0.2, 0.25) is 0 Å². The Labute approximate surface area is 167 Å². The normalized spacial score (nSPS) is 20.6. The molecule has 0 aromatic heterocycles. The Kier molecular flexibility index (Phi) is 4.63. The van der Waals surface area contributed by atoms with Crippen LogP contribution >= 0.6 is 15.9 Å². The highest BCUT2D eigenvalue weighted by Crippen LogP contribution is 2.32. The summed E-state index contributed by atoms with van der Waals surface area (Å²) in [6.45, 7) is -0.341. The fourth-order valence-electron chi connectivity index (χ4n) is 3.10. The van der Waals surface area contributed by atoms with E-state index in [9.17, 15) is 18.8 Å². The summed E-state index contributed by atoms with van der Waals surface area (Å²) in [5.41, 5.74) is 0.434. The molecule has 4 rings (SSSR count). The van der Waals surface area contributed by atoms with Crippen LogP contribution < -0.4 is 10.2 Å². The van der Waals surface area contributed by atoms with Gasteiger partial charge in [0.1, 0.15) is 12.4 Å². The van der Waals surface area contributed by atoms with E-state index in [0.717, 1.165) is 14.4 Å². The van der Waals surface area contributed by atoms with Crippen molar-refractivity contribution in [3.8, 4) is 0 Å². The summed E-state index contributed by atoms with van der Waals surface area (Å²) < 4.78 is 14.5. The minimum absolute atomic E-state index is 0.0190. The van der Waals surface area contributed by atoms with Crippen molar-refractivity contribution in [2.24, 2.45) is 10.3 Å². The van der Waals surface area contributed by atoms with Crippen LogP contribution in [-0.4, -0.2) is 41.4 Å². The summed E-state index contributed by atoms with van der Waals surface area (Å²) in [5, 5.41) is 11.2. The fraction of sp³-hybridized carbons (Fsp3) is 0.167. The maximum Gasteiger partial charge on any atom is 0.263 e. The molecule has 1 fully saturated rings. The van der Waals surface area contributed by atoms with Gasteiger partial charge >= 0.3 is 0 Å². The number of hydrogen-bond acceptors (Lipinski definition) is 6. The predicted octanol–water partition coefficient (Wildman–Crippen LogP) is 2.52. The number of hydrogen-bond donors (Lipinski definition) is 1. The Morgan fingerprint density at radius 2 is 1.82 bits per heavy atom. The van der Waals surface area contributed by atoms with Gasteiger partial charge in [0, 0.05) is 4.47 Å². The molecule has 2 heterocycles. The molecule has 10 heteroatoms. The van der Waals surface area contributed by atoms with Crippen molar-refractivity contribution >= 4 is 45.0 Å². The van der Waals surface area contributed by atoms with Crippen LogP contribution in [0.1, 0.15) is 0 Å². The third-order valence-corrected chi connectivity index (χ3v) is 4.92. The lowest BCUT2D eigenvalue weighted by molar-refractivity contribution is -0.123. The molecule has 0 radical (unpaired) electrons. The number of carbonyl (C=O) groups excluding carboxylic acids is 3. The molecule has 8 nitrogen and oxygen atoms in total. The van der Waals surface area contributed by atoms with Crippen molar-refractivity contribution < 1.29 is 18.8 Å². The minimum atomic E-state index is -1.00. The van der Waals surface area contributed by atoms with Gasteiger partial charge in [-0.25, -0.2) is 9.29 Å². The average molecular weight is 446 g/mol. The Balaban J connectivity index is 1.49. The van der Waals surface area contributed by atoms with Crippen LogP contribution in [-0.2, 0) is 14.4 Å². The number of benzene rings is 2. The van der Waals surface area contributed by atoms with Gasteiger partial charge in [0.05, 0.1) is 11.4 Å². The highest BCUT2D eigenvalue weighted by Gasteiger charge is 2.55. The third kappa shape index (κ3) is 3.15. The van der Waals surface area contributed by atoms with Gasteiger partial charge in [-0.2, -0.15) is 5.11 Å². The molecular weight excluding hydrogens is 433 g/mol. The van der Waals surface area contributed by atoms with Gasteiger partial charge in [0.2, 0.25) is 5.91 Å². The van der Waals surface area contributed by atoms with Crippen LogP contribution in [0.3, 0.4) is 0 Å². The zero-order valence-corrected chi connectivity index (χ0v) is 15.8. The second kappa shape index (κ2) is 7.12. The molecule has 2 aliphatic heterocycles. The SMILES string of the molecule is O=C(CN1N=N[C@H]2C(=O)N(c3ccc(Br)cc3)C(=O)[C@@H]21)Nc1ccccc1F. The molecule has 2 aromatic carbocycles. The molecule has 28 heavy (non-hydrogen) atoms. The molecule has 1 saturated heterocycles. The summed E-state index contributed by atoms with van der Waals surface area (Å²) in [7, 11) is 0. The maximum atomic E-state index is 13.7. The van der Waals surface area contributed by atoms with Crippen molar-refractivity contribution in [3.63, 3.8) is 0 Å². The fourth-order valence-corrected chi connectivity index (χ4v) is 3.36. The van der Waals surface area contributed by atoms with E-state index in [1.54, 1.807) is 30.3 Å². The van der Waals surface area contributed by atoms with Crippen LogP contribution in [0.25, 0.3) is 0 Å². The Bertz CT molecular complexity index is 997. The van der Waals surface area contributed by atoms with Gasteiger partial charge in [-0.15, -0.1) is 0 Å². The van der Waals surface area contributed by atoms with E-state index >= 15 is 0 Å². The molecule has 2 atom stereocenters. The van der Waals surface area contributed by atoms with E-state index in [1.165, 1.54) is 18.2 Å². The molecule has 2 aliphatic rings. The first-order chi connectivity index (χ1) is 13.5. The molecule has 0 unspecified atom stereocenters. The lowest BCUT2D eigenvalue weighted by Crippen LogP contribution is -2.43. The van der Waals surface area contributed by atoms with Crippen molar-refractivity contribution in [2.75, 3.05) is 16.8 Å². The number of para-hydroxylation sites is 1. The molecule has 0 saturated carbocycles.